The molecule has 36 heavy (non-hydrogen) atoms. The summed E-state index contributed by atoms with van der Waals surface area (Å²) in [5.74, 6) is 3.14. The summed E-state index contributed by atoms with van der Waals surface area (Å²) in [6.45, 7) is 2.02. The highest BCUT2D eigenvalue weighted by atomic mass is 15.2. The van der Waals surface area contributed by atoms with Crippen LogP contribution < -0.4 is 4.90 Å². The van der Waals surface area contributed by atoms with Crippen molar-refractivity contribution in [2.45, 2.75) is 18.9 Å². The molecule has 1 aliphatic heterocycles. The van der Waals surface area contributed by atoms with Gasteiger partial charge in [-0.15, -0.1) is 6.42 Å². The number of rotatable bonds is 3. The van der Waals surface area contributed by atoms with Crippen LogP contribution in [0, 0.1) is 23.7 Å². The molecule has 0 bridgehead atoms. The van der Waals surface area contributed by atoms with Crippen LogP contribution in [0.1, 0.15) is 40.7 Å². The number of fused-ring (bicyclic) bond motifs is 4. The Labute approximate surface area is 212 Å². The van der Waals surface area contributed by atoms with Gasteiger partial charge in [-0.3, -0.25) is 0 Å². The maximum Gasteiger partial charge on any atom is 0.0991 e. The molecule has 2 heteroatoms. The average molecular weight is 461 g/mol. The zero-order valence-electron chi connectivity index (χ0n) is 20.0. The molecule has 0 radical (unpaired) electrons. The summed E-state index contributed by atoms with van der Waals surface area (Å²) in [4.78, 5) is 2.38. The molecule has 0 N–H and O–H groups in total. The third-order valence-corrected chi connectivity index (χ3v) is 7.20. The van der Waals surface area contributed by atoms with Crippen molar-refractivity contribution >= 4 is 33.8 Å². The van der Waals surface area contributed by atoms with Gasteiger partial charge in [-0.05, 0) is 76.4 Å². The Hall–Kier alpha value is -4.79. The predicted octanol–water partition coefficient (Wildman–Crippen LogP) is 7.98. The Morgan fingerprint density at radius 2 is 1.69 bits per heavy atom. The van der Waals surface area contributed by atoms with E-state index in [9.17, 15) is 5.26 Å². The highest BCUT2D eigenvalue weighted by molar-refractivity contribution is 6.02. The van der Waals surface area contributed by atoms with Crippen molar-refractivity contribution in [1.82, 2.24) is 0 Å². The number of nitrogens with zero attached hydrogens (tertiary/aromatic N) is 2. The van der Waals surface area contributed by atoms with Crippen molar-refractivity contribution in [3.63, 3.8) is 0 Å². The second kappa shape index (κ2) is 8.77. The first-order chi connectivity index (χ1) is 17.7. The highest BCUT2D eigenvalue weighted by Gasteiger charge is 2.38. The van der Waals surface area contributed by atoms with E-state index in [0.717, 1.165) is 22.2 Å². The number of hydrogen-bond donors (Lipinski definition) is 0. The van der Waals surface area contributed by atoms with Gasteiger partial charge in [0.2, 0.25) is 0 Å². The maximum absolute atomic E-state index is 9.24. The third-order valence-electron chi connectivity index (χ3n) is 7.20. The van der Waals surface area contributed by atoms with Gasteiger partial charge in [-0.1, -0.05) is 78.8 Å². The summed E-state index contributed by atoms with van der Waals surface area (Å²) in [5.41, 5.74) is 8.69. The minimum Gasteiger partial charge on any atom is -0.333 e. The number of para-hydroxylation sites is 1. The molecule has 2 atom stereocenters. The normalized spacial score (nSPS) is 18.0. The molecule has 2 aliphatic rings. The Morgan fingerprint density at radius 3 is 2.44 bits per heavy atom. The molecule has 0 spiro atoms. The van der Waals surface area contributed by atoms with E-state index in [2.05, 4.69) is 95.8 Å². The predicted molar refractivity (Wildman–Crippen MR) is 150 cm³/mol. The van der Waals surface area contributed by atoms with E-state index in [-0.39, 0.29) is 12.0 Å². The van der Waals surface area contributed by atoms with Crippen LogP contribution in [-0.4, -0.2) is 6.04 Å². The second-order valence-electron chi connectivity index (χ2n) is 9.16. The molecule has 4 aromatic rings. The molecule has 0 saturated carbocycles. The van der Waals surface area contributed by atoms with Crippen LogP contribution in [0.2, 0.25) is 0 Å². The summed E-state index contributed by atoms with van der Waals surface area (Å²) in [7, 11) is 0. The van der Waals surface area contributed by atoms with E-state index in [4.69, 9.17) is 6.42 Å². The van der Waals surface area contributed by atoms with Gasteiger partial charge >= 0.3 is 0 Å². The molecule has 0 saturated heterocycles. The Kier molecular flexibility index (Phi) is 5.29. The van der Waals surface area contributed by atoms with Crippen molar-refractivity contribution < 1.29 is 0 Å². The summed E-state index contributed by atoms with van der Waals surface area (Å²) >= 11 is 0. The molecule has 2 nitrogen and oxygen atoms in total. The summed E-state index contributed by atoms with van der Waals surface area (Å²) in [6, 6.07) is 29.5. The standard InChI is InChI=1S/C34H24N2/c1-3-9-24-20-31(29-11-6-5-10-28(29)27(24)4-2)25-16-19-34-32(21-25)30-12-7-8-13-33(30)36(34)26-17-14-23(22-35)15-18-26/h2-3,5-21,32,34H,1H3/b9-3-. The lowest BCUT2D eigenvalue weighted by atomic mass is 9.83. The molecule has 0 aromatic heterocycles. The smallest absolute Gasteiger partial charge is 0.0991 e. The zero-order chi connectivity index (χ0) is 24.6. The van der Waals surface area contributed by atoms with Crippen LogP contribution in [-0.2, 0) is 0 Å². The van der Waals surface area contributed by atoms with Gasteiger partial charge in [0.1, 0.15) is 0 Å². The number of allylic oxidation sites excluding steroid dienone is 3. The van der Waals surface area contributed by atoms with Gasteiger partial charge in [0, 0.05) is 22.9 Å². The summed E-state index contributed by atoms with van der Waals surface area (Å²) in [5, 5.41) is 11.5. The topological polar surface area (TPSA) is 27.0 Å². The van der Waals surface area contributed by atoms with Crippen LogP contribution in [0.5, 0.6) is 0 Å². The Bertz CT molecular complexity index is 1670. The SMILES string of the molecule is C#Cc1c(/C=C\C)cc(C2=CC3c4ccccc4N(c4ccc(C#N)cc4)C3C=C2)c2ccccc12. The number of anilines is 2. The van der Waals surface area contributed by atoms with Crippen LogP contribution >= 0.6 is 0 Å². The van der Waals surface area contributed by atoms with Crippen molar-refractivity contribution in [1.29, 1.82) is 5.26 Å². The van der Waals surface area contributed by atoms with E-state index >= 15 is 0 Å². The molecule has 1 heterocycles. The molecular formula is C34H24N2. The molecule has 0 amide bonds. The van der Waals surface area contributed by atoms with Crippen LogP contribution in [0.25, 0.3) is 22.4 Å². The number of benzene rings is 4. The molecule has 1 aliphatic carbocycles. The lowest BCUT2D eigenvalue weighted by molar-refractivity contribution is 0.747. The summed E-state index contributed by atoms with van der Waals surface area (Å²) in [6.07, 6.45) is 17.1. The molecule has 6 rings (SSSR count). The van der Waals surface area contributed by atoms with Crippen LogP contribution in [0.15, 0.2) is 103 Å². The van der Waals surface area contributed by atoms with Crippen LogP contribution in [0.4, 0.5) is 11.4 Å². The third kappa shape index (κ3) is 3.36. The second-order valence-corrected chi connectivity index (χ2v) is 9.16. The summed E-state index contributed by atoms with van der Waals surface area (Å²) < 4.78 is 0. The minimum absolute atomic E-state index is 0.172. The fourth-order valence-electron chi connectivity index (χ4n) is 5.63. The average Bonchev–Trinajstić information content (AvgIpc) is 3.26. The fraction of sp³-hybridized carbons (Fsp3) is 0.0882. The molecular weight excluding hydrogens is 436 g/mol. The maximum atomic E-state index is 9.24. The van der Waals surface area contributed by atoms with Crippen LogP contribution in [0.3, 0.4) is 0 Å². The Morgan fingerprint density at radius 1 is 0.944 bits per heavy atom. The van der Waals surface area contributed by atoms with Gasteiger partial charge < -0.3 is 4.90 Å². The first kappa shape index (κ1) is 21.7. The number of hydrogen-bond acceptors (Lipinski definition) is 2. The minimum atomic E-state index is 0.172. The van der Waals surface area contributed by atoms with Gasteiger partial charge in [0.25, 0.3) is 0 Å². The van der Waals surface area contributed by atoms with Gasteiger partial charge in [-0.2, -0.15) is 5.26 Å². The van der Waals surface area contributed by atoms with Gasteiger partial charge in [0.05, 0.1) is 17.7 Å². The van der Waals surface area contributed by atoms with Gasteiger partial charge in [0.15, 0.2) is 0 Å². The molecule has 0 fully saturated rings. The zero-order valence-corrected chi connectivity index (χ0v) is 20.0. The highest BCUT2D eigenvalue weighted by Crippen LogP contribution is 2.49. The monoisotopic (exact) mass is 460 g/mol. The lowest BCUT2D eigenvalue weighted by Gasteiger charge is -2.30. The van der Waals surface area contributed by atoms with Gasteiger partial charge in [-0.25, -0.2) is 0 Å². The van der Waals surface area contributed by atoms with E-state index < -0.39 is 0 Å². The van der Waals surface area contributed by atoms with E-state index in [1.165, 1.54) is 27.8 Å². The van der Waals surface area contributed by atoms with E-state index in [1.807, 2.05) is 37.3 Å². The molecule has 4 aromatic carbocycles. The molecule has 170 valence electrons. The van der Waals surface area contributed by atoms with E-state index in [1.54, 1.807) is 0 Å². The lowest BCUT2D eigenvalue weighted by Crippen LogP contribution is -2.28. The Balaban J connectivity index is 1.50. The van der Waals surface area contributed by atoms with Crippen molar-refractivity contribution in [2.24, 2.45) is 0 Å². The van der Waals surface area contributed by atoms with Crippen molar-refractivity contribution in [2.75, 3.05) is 4.90 Å². The largest absolute Gasteiger partial charge is 0.333 e. The molecule has 2 unspecified atom stereocenters. The number of terminal acetylenes is 1. The van der Waals surface area contributed by atoms with Crippen molar-refractivity contribution in [3.8, 4) is 18.4 Å². The first-order valence-corrected chi connectivity index (χ1v) is 12.2. The van der Waals surface area contributed by atoms with Crippen molar-refractivity contribution in [3.05, 3.63) is 131 Å². The first-order valence-electron chi connectivity index (χ1n) is 12.2. The number of nitriles is 1. The fourth-order valence-corrected chi connectivity index (χ4v) is 5.63. The van der Waals surface area contributed by atoms with E-state index in [0.29, 0.717) is 5.56 Å². The quantitative estimate of drug-likeness (QED) is 0.290.